The third-order valence-corrected chi connectivity index (χ3v) is 5.92. The number of aryl methyl sites for hydroxylation is 1. The fourth-order valence-corrected chi connectivity index (χ4v) is 4.12. The van der Waals surface area contributed by atoms with Crippen molar-refractivity contribution >= 4 is 34.5 Å². The summed E-state index contributed by atoms with van der Waals surface area (Å²) in [6.07, 6.45) is -0.980. The number of nitrogens with zero attached hydrogens (tertiary/aromatic N) is 3. The van der Waals surface area contributed by atoms with Gasteiger partial charge in [0.15, 0.2) is 16.3 Å². The zero-order chi connectivity index (χ0) is 24.1. The van der Waals surface area contributed by atoms with Gasteiger partial charge in [0.2, 0.25) is 5.91 Å². The van der Waals surface area contributed by atoms with Crippen molar-refractivity contribution in [1.82, 2.24) is 19.1 Å². The number of aliphatic hydroxyl groups excluding tert-OH is 1. The molecule has 0 aliphatic heterocycles. The van der Waals surface area contributed by atoms with Gasteiger partial charge in [-0.2, -0.15) is 0 Å². The lowest BCUT2D eigenvalue weighted by Crippen LogP contribution is -2.30. The molecule has 1 amide bonds. The monoisotopic (exact) mass is 481 g/mol. The Morgan fingerprint density at radius 2 is 1.82 bits per heavy atom. The molecule has 10 nitrogen and oxygen atoms in total. The van der Waals surface area contributed by atoms with Gasteiger partial charge in [-0.15, -0.1) is 0 Å². The van der Waals surface area contributed by atoms with Crippen LogP contribution < -0.4 is 21.3 Å². The molecule has 4 aromatic rings. The number of H-pyrrole nitrogens is 1. The molecule has 4 rings (SSSR count). The minimum atomic E-state index is -0.980. The maximum Gasteiger partial charge on any atom is 0.329 e. The van der Waals surface area contributed by atoms with E-state index in [1.54, 1.807) is 24.3 Å². The van der Waals surface area contributed by atoms with Crippen LogP contribution >= 0.6 is 11.8 Å². The number of nitrogens with one attached hydrogen (secondary N) is 2. The Morgan fingerprint density at radius 3 is 2.53 bits per heavy atom. The molecule has 176 valence electrons. The molecule has 11 heteroatoms. The van der Waals surface area contributed by atoms with Crippen LogP contribution in [0.4, 0.5) is 5.69 Å². The van der Waals surface area contributed by atoms with E-state index in [1.807, 2.05) is 36.4 Å². The molecule has 34 heavy (non-hydrogen) atoms. The molecular formula is C23H23N5O5S. The van der Waals surface area contributed by atoms with E-state index in [0.717, 1.165) is 11.8 Å². The molecule has 3 N–H and O–H groups in total. The van der Waals surface area contributed by atoms with Gasteiger partial charge >= 0.3 is 5.69 Å². The molecule has 2 aromatic carbocycles. The van der Waals surface area contributed by atoms with Crippen molar-refractivity contribution in [2.45, 2.75) is 17.8 Å². The van der Waals surface area contributed by atoms with Gasteiger partial charge in [-0.25, -0.2) is 9.78 Å². The van der Waals surface area contributed by atoms with E-state index in [2.05, 4.69) is 15.3 Å². The lowest BCUT2D eigenvalue weighted by atomic mass is 10.3. The summed E-state index contributed by atoms with van der Waals surface area (Å²) in [5.41, 5.74) is -0.271. The molecule has 2 heterocycles. The van der Waals surface area contributed by atoms with Crippen LogP contribution in [0.1, 0.15) is 0 Å². The lowest BCUT2D eigenvalue weighted by Gasteiger charge is -2.15. The van der Waals surface area contributed by atoms with Gasteiger partial charge in [0.05, 0.1) is 12.3 Å². The quantitative estimate of drug-likeness (QED) is 0.310. The largest absolute Gasteiger partial charge is 0.491 e. The SMILES string of the molecule is Cn1c(=O)[nH]c(=O)c2c1nc(SCC(=O)Nc1ccccc1)n2C[C@@H](O)COc1ccccc1. The zero-order valence-corrected chi connectivity index (χ0v) is 19.1. The first-order valence-corrected chi connectivity index (χ1v) is 11.4. The van der Waals surface area contributed by atoms with Gasteiger partial charge in [0.1, 0.15) is 18.5 Å². The average Bonchev–Trinajstić information content (AvgIpc) is 3.20. The molecule has 1 atom stereocenters. The number of aliphatic hydroxyl groups is 1. The third kappa shape index (κ3) is 5.38. The highest BCUT2D eigenvalue weighted by Crippen LogP contribution is 2.22. The van der Waals surface area contributed by atoms with Crippen molar-refractivity contribution < 1.29 is 14.6 Å². The number of thioether (sulfide) groups is 1. The van der Waals surface area contributed by atoms with E-state index in [-0.39, 0.29) is 36.0 Å². The number of amides is 1. The summed E-state index contributed by atoms with van der Waals surface area (Å²) in [7, 11) is 1.49. The Labute approximate surface area is 198 Å². The standard InChI is InChI=1S/C23H23N5O5S/c1-27-20-19(21(31)26-22(27)32)28(12-16(29)13-33-17-10-6-3-7-11-17)23(25-20)34-14-18(30)24-15-8-4-2-5-9-15/h2-11,16,29H,12-14H2,1H3,(H,24,30)(H,26,31,32)/t16-/m1/s1. The minimum absolute atomic E-state index is 0.0146. The van der Waals surface area contributed by atoms with E-state index in [0.29, 0.717) is 16.6 Å². The smallest absolute Gasteiger partial charge is 0.329 e. The first kappa shape index (κ1) is 23.3. The predicted octanol–water partition coefficient (Wildman–Crippen LogP) is 1.59. The topological polar surface area (TPSA) is 131 Å². The molecule has 0 unspecified atom stereocenters. The van der Waals surface area contributed by atoms with Crippen LogP contribution in [0.2, 0.25) is 0 Å². The summed E-state index contributed by atoms with van der Waals surface area (Å²) in [6, 6.07) is 18.1. The highest BCUT2D eigenvalue weighted by molar-refractivity contribution is 7.99. The molecule has 0 aliphatic carbocycles. The van der Waals surface area contributed by atoms with Crippen LogP contribution in [0, 0.1) is 0 Å². The van der Waals surface area contributed by atoms with Crippen LogP contribution in [0.15, 0.2) is 75.4 Å². The van der Waals surface area contributed by atoms with Crippen molar-refractivity contribution in [2.75, 3.05) is 17.7 Å². The Kier molecular flexibility index (Phi) is 7.14. The molecule has 0 fully saturated rings. The number of benzene rings is 2. The third-order valence-electron chi connectivity index (χ3n) is 4.94. The van der Waals surface area contributed by atoms with E-state index in [1.165, 1.54) is 16.2 Å². The van der Waals surface area contributed by atoms with Crippen molar-refractivity contribution in [3.05, 3.63) is 81.5 Å². The number of hydrogen-bond donors (Lipinski definition) is 3. The van der Waals surface area contributed by atoms with Crippen molar-refractivity contribution in [1.29, 1.82) is 0 Å². The first-order valence-electron chi connectivity index (χ1n) is 10.5. The van der Waals surface area contributed by atoms with E-state index < -0.39 is 17.4 Å². The van der Waals surface area contributed by atoms with Gasteiger partial charge in [-0.1, -0.05) is 48.2 Å². The molecule has 2 aromatic heterocycles. The Morgan fingerprint density at radius 1 is 1.15 bits per heavy atom. The number of aromatic amines is 1. The molecule has 0 radical (unpaired) electrons. The number of aromatic nitrogens is 4. The maximum atomic E-state index is 12.6. The summed E-state index contributed by atoms with van der Waals surface area (Å²) in [6.45, 7) is -0.0424. The van der Waals surface area contributed by atoms with E-state index >= 15 is 0 Å². The zero-order valence-electron chi connectivity index (χ0n) is 18.3. The lowest BCUT2D eigenvalue weighted by molar-refractivity contribution is -0.113. The second kappa shape index (κ2) is 10.4. The fraction of sp³-hybridized carbons (Fsp3) is 0.217. The van der Waals surface area contributed by atoms with Crippen LogP contribution in [-0.2, 0) is 18.4 Å². The van der Waals surface area contributed by atoms with Crippen molar-refractivity contribution in [2.24, 2.45) is 7.05 Å². The van der Waals surface area contributed by atoms with Crippen molar-refractivity contribution in [3.63, 3.8) is 0 Å². The van der Waals surface area contributed by atoms with Gasteiger partial charge in [-0.3, -0.25) is 19.1 Å². The van der Waals surface area contributed by atoms with Crippen LogP contribution in [0.5, 0.6) is 5.75 Å². The highest BCUT2D eigenvalue weighted by atomic mass is 32.2. The molecule has 0 saturated heterocycles. The number of carbonyl (C=O) groups excluding carboxylic acids is 1. The number of para-hydroxylation sites is 2. The second-order valence-corrected chi connectivity index (χ2v) is 8.42. The first-order chi connectivity index (χ1) is 16.4. The Hall–Kier alpha value is -3.83. The van der Waals surface area contributed by atoms with Gasteiger partial charge in [0, 0.05) is 12.7 Å². The number of rotatable bonds is 9. The van der Waals surface area contributed by atoms with Crippen molar-refractivity contribution in [3.8, 4) is 5.75 Å². The maximum absolute atomic E-state index is 12.6. The summed E-state index contributed by atoms with van der Waals surface area (Å²) in [5.74, 6) is 0.357. The molecule has 0 aliphatic rings. The summed E-state index contributed by atoms with van der Waals surface area (Å²) in [4.78, 5) is 43.7. The van der Waals surface area contributed by atoms with Crippen LogP contribution in [0.25, 0.3) is 11.2 Å². The summed E-state index contributed by atoms with van der Waals surface area (Å²) < 4.78 is 8.33. The Bertz CT molecular complexity index is 1400. The van der Waals surface area contributed by atoms with Gasteiger partial charge in [-0.05, 0) is 24.3 Å². The molecular weight excluding hydrogens is 458 g/mol. The Balaban J connectivity index is 1.56. The summed E-state index contributed by atoms with van der Waals surface area (Å²) >= 11 is 1.10. The number of hydrogen-bond acceptors (Lipinski definition) is 7. The van der Waals surface area contributed by atoms with Gasteiger partial charge in [0.25, 0.3) is 5.56 Å². The van der Waals surface area contributed by atoms with Crippen LogP contribution in [0.3, 0.4) is 0 Å². The highest BCUT2D eigenvalue weighted by Gasteiger charge is 2.21. The number of fused-ring (bicyclic) bond motifs is 1. The fourth-order valence-electron chi connectivity index (χ4n) is 3.32. The number of ether oxygens (including phenoxy) is 1. The molecule has 0 bridgehead atoms. The average molecular weight is 482 g/mol. The molecule has 0 spiro atoms. The normalized spacial score (nSPS) is 11.9. The molecule has 0 saturated carbocycles. The summed E-state index contributed by atoms with van der Waals surface area (Å²) in [5, 5.41) is 13.7. The minimum Gasteiger partial charge on any atom is -0.491 e. The number of imidazole rings is 1. The second-order valence-electron chi connectivity index (χ2n) is 7.48. The number of anilines is 1. The number of carbonyl (C=O) groups is 1. The van der Waals surface area contributed by atoms with E-state index in [9.17, 15) is 19.5 Å². The van der Waals surface area contributed by atoms with Crippen LogP contribution in [-0.4, -0.2) is 48.6 Å². The predicted molar refractivity (Wildman–Crippen MR) is 129 cm³/mol. The van der Waals surface area contributed by atoms with Gasteiger partial charge < -0.3 is 19.7 Å². The van der Waals surface area contributed by atoms with E-state index in [4.69, 9.17) is 4.74 Å².